The molecule has 0 aliphatic heterocycles. The third-order valence-corrected chi connectivity index (χ3v) is 5.42. The van der Waals surface area contributed by atoms with Gasteiger partial charge in [0.25, 0.3) is 0 Å². The third-order valence-electron chi connectivity index (χ3n) is 5.42. The second-order valence-corrected chi connectivity index (χ2v) is 8.57. The minimum absolute atomic E-state index is 0.00405. The Balaban J connectivity index is 2.12. The van der Waals surface area contributed by atoms with Crippen LogP contribution < -0.4 is 0 Å². The van der Waals surface area contributed by atoms with Gasteiger partial charge in [0.1, 0.15) is 0 Å². The average Bonchev–Trinajstić information content (AvgIpc) is 2.43. The minimum atomic E-state index is -0.350. The summed E-state index contributed by atoms with van der Waals surface area (Å²) in [7, 11) is 3.39. The molecule has 1 amide bonds. The summed E-state index contributed by atoms with van der Waals surface area (Å²) in [5.41, 5.74) is -0.354. The van der Waals surface area contributed by atoms with Gasteiger partial charge in [0.2, 0.25) is 5.91 Å². The second kappa shape index (κ2) is 6.21. The fourth-order valence-corrected chi connectivity index (χ4v) is 4.35. The Morgan fingerprint density at radius 3 is 2.55 bits per heavy atom. The summed E-state index contributed by atoms with van der Waals surface area (Å²) in [4.78, 5) is 26.8. The molecule has 0 saturated heterocycles. The van der Waals surface area contributed by atoms with Crippen LogP contribution in [-0.2, 0) is 14.3 Å². The van der Waals surface area contributed by atoms with Gasteiger partial charge >= 0.3 is 5.97 Å². The van der Waals surface area contributed by atoms with Gasteiger partial charge in [-0.25, -0.2) is 0 Å². The molecule has 3 unspecified atom stereocenters. The van der Waals surface area contributed by atoms with Crippen molar-refractivity contribution in [1.82, 2.24) is 4.90 Å². The number of esters is 1. The van der Waals surface area contributed by atoms with Crippen LogP contribution in [0.2, 0.25) is 0 Å². The van der Waals surface area contributed by atoms with Crippen molar-refractivity contribution in [1.29, 1.82) is 0 Å². The first-order chi connectivity index (χ1) is 10.2. The number of rotatable bonds is 3. The summed E-state index contributed by atoms with van der Waals surface area (Å²) < 4.78 is 5.09. The number of nitrogens with zero attached hydrogens (tertiary/aromatic N) is 1. The molecule has 2 rings (SSSR count). The van der Waals surface area contributed by atoms with E-state index in [4.69, 9.17) is 4.74 Å². The fourth-order valence-electron chi connectivity index (χ4n) is 4.35. The van der Waals surface area contributed by atoms with Crippen LogP contribution in [0.1, 0.15) is 65.7 Å². The van der Waals surface area contributed by atoms with Crippen molar-refractivity contribution in [3.63, 3.8) is 0 Å². The SMILES string of the molecule is COC(=O)C12CCCC(CC(N(C)C(=O)CC(C)(C)C)C1)C2. The maximum atomic E-state index is 12.5. The number of hydrogen-bond donors (Lipinski definition) is 0. The van der Waals surface area contributed by atoms with Crippen LogP contribution in [0.5, 0.6) is 0 Å². The standard InChI is InChI=1S/C18H31NO3/c1-17(2,3)12-15(20)19(4)14-9-13-7-6-8-18(10-13,11-14)16(21)22-5/h13-14H,6-12H2,1-5H3. The lowest BCUT2D eigenvalue weighted by Gasteiger charge is -2.48. The van der Waals surface area contributed by atoms with Crippen LogP contribution in [0.3, 0.4) is 0 Å². The lowest BCUT2D eigenvalue weighted by atomic mass is 9.60. The predicted molar refractivity (Wildman–Crippen MR) is 86.3 cm³/mol. The van der Waals surface area contributed by atoms with Gasteiger partial charge in [-0.3, -0.25) is 9.59 Å². The molecule has 22 heavy (non-hydrogen) atoms. The van der Waals surface area contributed by atoms with Crippen LogP contribution in [0.4, 0.5) is 0 Å². The first-order valence-electron chi connectivity index (χ1n) is 8.51. The topological polar surface area (TPSA) is 46.6 Å². The zero-order valence-corrected chi connectivity index (χ0v) is 14.8. The maximum Gasteiger partial charge on any atom is 0.311 e. The molecule has 0 aromatic rings. The predicted octanol–water partition coefficient (Wildman–Crippen LogP) is 3.39. The normalized spacial score (nSPS) is 31.5. The van der Waals surface area contributed by atoms with Crippen molar-refractivity contribution in [3.05, 3.63) is 0 Å². The van der Waals surface area contributed by atoms with Crippen molar-refractivity contribution in [2.24, 2.45) is 16.7 Å². The van der Waals surface area contributed by atoms with Crippen molar-refractivity contribution >= 4 is 11.9 Å². The lowest BCUT2D eigenvalue weighted by molar-refractivity contribution is -0.162. The zero-order chi connectivity index (χ0) is 16.5. The molecular formula is C18H31NO3. The molecule has 4 nitrogen and oxygen atoms in total. The van der Waals surface area contributed by atoms with Crippen LogP contribution >= 0.6 is 0 Å². The Morgan fingerprint density at radius 1 is 1.27 bits per heavy atom. The molecule has 2 aliphatic rings. The van der Waals surface area contributed by atoms with Gasteiger partial charge in [-0.15, -0.1) is 0 Å². The number of hydrogen-bond acceptors (Lipinski definition) is 3. The number of fused-ring (bicyclic) bond motifs is 2. The molecule has 4 heteroatoms. The molecule has 0 heterocycles. The van der Waals surface area contributed by atoms with Crippen molar-refractivity contribution in [2.75, 3.05) is 14.2 Å². The summed E-state index contributed by atoms with van der Waals surface area (Å²) >= 11 is 0. The third kappa shape index (κ3) is 3.64. The smallest absolute Gasteiger partial charge is 0.311 e. The molecule has 0 aromatic heterocycles. The molecule has 126 valence electrons. The lowest BCUT2D eigenvalue weighted by Crippen LogP contribution is -2.51. The van der Waals surface area contributed by atoms with E-state index in [1.165, 1.54) is 13.5 Å². The van der Waals surface area contributed by atoms with E-state index in [0.717, 1.165) is 32.1 Å². The van der Waals surface area contributed by atoms with Crippen LogP contribution in [0.25, 0.3) is 0 Å². The molecule has 2 aliphatic carbocycles. The van der Waals surface area contributed by atoms with E-state index in [9.17, 15) is 9.59 Å². The minimum Gasteiger partial charge on any atom is -0.469 e. The molecule has 2 fully saturated rings. The van der Waals surface area contributed by atoms with E-state index < -0.39 is 0 Å². The second-order valence-electron chi connectivity index (χ2n) is 8.57. The molecule has 0 aromatic carbocycles. The zero-order valence-electron chi connectivity index (χ0n) is 14.8. The molecule has 2 saturated carbocycles. The van der Waals surface area contributed by atoms with Gasteiger partial charge in [-0.2, -0.15) is 0 Å². The number of ether oxygens (including phenoxy) is 1. The van der Waals surface area contributed by atoms with E-state index in [2.05, 4.69) is 20.8 Å². The Bertz CT molecular complexity index is 440. The monoisotopic (exact) mass is 309 g/mol. The molecule has 0 N–H and O–H groups in total. The first kappa shape index (κ1) is 17.3. The molecule has 0 spiro atoms. The van der Waals surface area contributed by atoms with E-state index in [1.807, 2.05) is 11.9 Å². The summed E-state index contributed by atoms with van der Waals surface area (Å²) in [5.74, 6) is 0.674. The molecule has 3 atom stereocenters. The van der Waals surface area contributed by atoms with Crippen LogP contribution in [-0.4, -0.2) is 37.0 Å². The highest BCUT2D eigenvalue weighted by atomic mass is 16.5. The summed E-state index contributed by atoms with van der Waals surface area (Å²) in [5, 5.41) is 0. The van der Waals surface area contributed by atoms with Crippen LogP contribution in [0, 0.1) is 16.7 Å². The number of carbonyl (C=O) groups is 2. The number of methoxy groups -OCH3 is 1. The van der Waals surface area contributed by atoms with E-state index in [1.54, 1.807) is 0 Å². The van der Waals surface area contributed by atoms with Gasteiger partial charge < -0.3 is 9.64 Å². The molecular weight excluding hydrogens is 278 g/mol. The van der Waals surface area contributed by atoms with Gasteiger partial charge in [0, 0.05) is 19.5 Å². The van der Waals surface area contributed by atoms with Gasteiger partial charge in [-0.05, 0) is 37.0 Å². The van der Waals surface area contributed by atoms with Gasteiger partial charge in [-0.1, -0.05) is 33.6 Å². The van der Waals surface area contributed by atoms with Crippen LogP contribution in [0.15, 0.2) is 0 Å². The Labute approximate surface area is 134 Å². The summed E-state index contributed by atoms with van der Waals surface area (Å²) in [6, 6.07) is 0.174. The Morgan fingerprint density at radius 2 is 1.95 bits per heavy atom. The highest BCUT2D eigenvalue weighted by molar-refractivity contribution is 5.79. The van der Waals surface area contributed by atoms with Crippen molar-refractivity contribution < 1.29 is 14.3 Å². The summed E-state index contributed by atoms with van der Waals surface area (Å²) in [6.07, 6.45) is 6.48. The first-order valence-corrected chi connectivity index (χ1v) is 8.51. The number of carbonyl (C=O) groups excluding carboxylic acids is 2. The Hall–Kier alpha value is -1.06. The largest absolute Gasteiger partial charge is 0.469 e. The average molecular weight is 309 g/mol. The van der Waals surface area contributed by atoms with Gasteiger partial charge in [0.15, 0.2) is 0 Å². The van der Waals surface area contributed by atoms with Crippen molar-refractivity contribution in [3.8, 4) is 0 Å². The Kier molecular flexibility index (Phi) is 4.88. The van der Waals surface area contributed by atoms with Crippen molar-refractivity contribution in [2.45, 2.75) is 71.8 Å². The quantitative estimate of drug-likeness (QED) is 0.751. The molecule has 0 radical (unpaired) electrons. The van der Waals surface area contributed by atoms with E-state index in [-0.39, 0.29) is 28.7 Å². The van der Waals surface area contributed by atoms with E-state index >= 15 is 0 Å². The van der Waals surface area contributed by atoms with E-state index in [0.29, 0.717) is 12.3 Å². The van der Waals surface area contributed by atoms with Gasteiger partial charge in [0.05, 0.1) is 12.5 Å². The number of amides is 1. The maximum absolute atomic E-state index is 12.5. The summed E-state index contributed by atoms with van der Waals surface area (Å²) in [6.45, 7) is 6.26. The fraction of sp³-hybridized carbons (Fsp3) is 0.889. The highest BCUT2D eigenvalue weighted by Crippen LogP contribution is 2.50. The molecule has 2 bridgehead atoms. The highest BCUT2D eigenvalue weighted by Gasteiger charge is 2.50.